The molecule has 0 unspecified atom stereocenters. The Kier molecular flexibility index (Phi) is 5.30. The lowest BCUT2D eigenvalue weighted by Crippen LogP contribution is -2.37. The smallest absolute Gasteiger partial charge is 0.242 e. The number of carbonyl (C=O) groups is 1. The highest BCUT2D eigenvalue weighted by molar-refractivity contribution is 7.89. The van der Waals surface area contributed by atoms with Crippen LogP contribution in [0.1, 0.15) is 23.1 Å². The van der Waals surface area contributed by atoms with Crippen LogP contribution >= 0.6 is 11.3 Å². The first-order valence-corrected chi connectivity index (χ1v) is 8.00. The summed E-state index contributed by atoms with van der Waals surface area (Å²) in [5.41, 5.74) is 0. The van der Waals surface area contributed by atoms with E-state index in [0.29, 0.717) is 6.54 Å². The fraction of sp³-hybridized carbons (Fsp3) is 0.545. The van der Waals surface area contributed by atoms with Crippen LogP contribution < -0.4 is 10.0 Å². The summed E-state index contributed by atoms with van der Waals surface area (Å²) in [5, 5.41) is 2.61. The number of carbonyl (C=O) groups excluding carboxylic acids is 1. The first-order chi connectivity index (χ1) is 8.36. The second kappa shape index (κ2) is 6.31. The molecule has 0 saturated heterocycles. The first-order valence-electron chi connectivity index (χ1n) is 5.70. The topological polar surface area (TPSA) is 75.3 Å². The Balaban J connectivity index is 2.66. The molecular formula is C11H18N2O3S2. The molecule has 1 aromatic rings. The lowest BCUT2D eigenvalue weighted by Gasteiger charge is -2.06. The number of aryl methyl sites for hydroxylation is 2. The third-order valence-electron chi connectivity index (χ3n) is 2.28. The van der Waals surface area contributed by atoms with Crippen LogP contribution in [0.15, 0.2) is 11.0 Å². The van der Waals surface area contributed by atoms with Gasteiger partial charge in [0, 0.05) is 16.3 Å². The number of amides is 1. The third kappa shape index (κ3) is 4.08. The Hall–Kier alpha value is -0.920. The third-order valence-corrected chi connectivity index (χ3v) is 4.90. The van der Waals surface area contributed by atoms with Crippen molar-refractivity contribution in [1.29, 1.82) is 0 Å². The highest BCUT2D eigenvalue weighted by Gasteiger charge is 2.19. The summed E-state index contributed by atoms with van der Waals surface area (Å²) in [7, 11) is -3.59. The van der Waals surface area contributed by atoms with Crippen molar-refractivity contribution in [3.8, 4) is 0 Å². The molecule has 18 heavy (non-hydrogen) atoms. The molecule has 0 radical (unpaired) electrons. The molecule has 0 aliphatic rings. The Labute approximate surface area is 112 Å². The number of rotatable bonds is 6. The molecule has 2 N–H and O–H groups in total. The zero-order valence-electron chi connectivity index (χ0n) is 10.7. The molecule has 0 aliphatic carbocycles. The van der Waals surface area contributed by atoms with Gasteiger partial charge in [-0.25, -0.2) is 13.1 Å². The Morgan fingerprint density at radius 3 is 2.56 bits per heavy atom. The maximum Gasteiger partial charge on any atom is 0.242 e. The van der Waals surface area contributed by atoms with Crippen molar-refractivity contribution in [2.24, 2.45) is 0 Å². The van der Waals surface area contributed by atoms with Gasteiger partial charge < -0.3 is 5.32 Å². The zero-order valence-corrected chi connectivity index (χ0v) is 12.4. The number of sulfonamides is 1. The maximum absolute atomic E-state index is 12.0. The van der Waals surface area contributed by atoms with E-state index in [2.05, 4.69) is 10.0 Å². The molecule has 0 bridgehead atoms. The molecule has 0 spiro atoms. The van der Waals surface area contributed by atoms with Gasteiger partial charge in [-0.15, -0.1) is 11.3 Å². The molecule has 1 rings (SSSR count). The van der Waals surface area contributed by atoms with Crippen molar-refractivity contribution in [2.75, 3.05) is 13.1 Å². The lowest BCUT2D eigenvalue weighted by molar-refractivity contribution is -0.119. The molecule has 1 heterocycles. The monoisotopic (exact) mass is 290 g/mol. The molecule has 0 atom stereocenters. The molecule has 102 valence electrons. The van der Waals surface area contributed by atoms with Gasteiger partial charge in [-0.05, 0) is 26.3 Å². The predicted octanol–water partition coefficient (Wildman–Crippen LogP) is 1.17. The summed E-state index contributed by atoms with van der Waals surface area (Å²) < 4.78 is 26.2. The van der Waals surface area contributed by atoms with Crippen molar-refractivity contribution in [1.82, 2.24) is 10.0 Å². The molecule has 0 saturated carbocycles. The van der Waals surface area contributed by atoms with Gasteiger partial charge in [0.25, 0.3) is 0 Å². The van der Waals surface area contributed by atoms with Gasteiger partial charge >= 0.3 is 0 Å². The minimum atomic E-state index is -3.59. The first kappa shape index (κ1) is 15.1. The Bertz CT molecular complexity index is 520. The minimum absolute atomic E-state index is 0.226. The van der Waals surface area contributed by atoms with Crippen LogP contribution in [-0.2, 0) is 14.8 Å². The molecule has 7 heteroatoms. The van der Waals surface area contributed by atoms with Crippen molar-refractivity contribution in [3.05, 3.63) is 15.8 Å². The zero-order chi connectivity index (χ0) is 13.8. The summed E-state index contributed by atoms with van der Waals surface area (Å²) in [6.45, 7) is 5.86. The lowest BCUT2D eigenvalue weighted by atomic mass is 10.4. The van der Waals surface area contributed by atoms with E-state index >= 15 is 0 Å². The van der Waals surface area contributed by atoms with Crippen LogP contribution in [0.3, 0.4) is 0 Å². The normalized spacial score (nSPS) is 11.5. The van der Waals surface area contributed by atoms with Gasteiger partial charge in [0.05, 0.1) is 11.4 Å². The van der Waals surface area contributed by atoms with Crippen molar-refractivity contribution < 1.29 is 13.2 Å². The van der Waals surface area contributed by atoms with Crippen LogP contribution in [0, 0.1) is 13.8 Å². The van der Waals surface area contributed by atoms with Gasteiger partial charge in [0.1, 0.15) is 0 Å². The summed E-state index contributed by atoms with van der Waals surface area (Å²) in [6, 6.07) is 1.62. The van der Waals surface area contributed by atoms with Crippen LogP contribution in [0.25, 0.3) is 0 Å². The van der Waals surface area contributed by atoms with E-state index in [1.54, 1.807) is 13.0 Å². The Morgan fingerprint density at radius 1 is 1.39 bits per heavy atom. The fourth-order valence-electron chi connectivity index (χ4n) is 1.44. The van der Waals surface area contributed by atoms with E-state index in [9.17, 15) is 13.2 Å². The van der Waals surface area contributed by atoms with Crippen molar-refractivity contribution in [3.63, 3.8) is 0 Å². The number of thiophene rings is 1. The molecule has 1 amide bonds. The van der Waals surface area contributed by atoms with E-state index in [-0.39, 0.29) is 17.3 Å². The van der Waals surface area contributed by atoms with Crippen molar-refractivity contribution in [2.45, 2.75) is 32.1 Å². The molecule has 0 fully saturated rings. The average Bonchev–Trinajstić information content (AvgIpc) is 2.64. The summed E-state index contributed by atoms with van der Waals surface area (Å²) in [5.74, 6) is -0.315. The van der Waals surface area contributed by atoms with Crippen LogP contribution in [0.5, 0.6) is 0 Å². The standard InChI is InChI=1S/C11H18N2O3S2/c1-4-5-12-11(14)7-13-18(15,16)10-6-8(2)17-9(10)3/h6,13H,4-5,7H2,1-3H3,(H,12,14). The second-order valence-corrected chi connectivity index (χ2v) is 7.15. The van der Waals surface area contributed by atoms with Gasteiger partial charge in [0.15, 0.2) is 0 Å². The van der Waals surface area contributed by atoms with Crippen LogP contribution in [0.4, 0.5) is 0 Å². The fourth-order valence-corrected chi connectivity index (χ4v) is 3.97. The molecular weight excluding hydrogens is 272 g/mol. The van der Waals surface area contributed by atoms with E-state index in [0.717, 1.165) is 16.2 Å². The van der Waals surface area contributed by atoms with E-state index in [4.69, 9.17) is 0 Å². The van der Waals surface area contributed by atoms with Gasteiger partial charge in [-0.3, -0.25) is 4.79 Å². The van der Waals surface area contributed by atoms with E-state index < -0.39 is 10.0 Å². The highest BCUT2D eigenvalue weighted by Crippen LogP contribution is 2.24. The summed E-state index contributed by atoms with van der Waals surface area (Å²) in [4.78, 5) is 13.3. The van der Waals surface area contributed by atoms with Crippen LogP contribution in [0.2, 0.25) is 0 Å². The largest absolute Gasteiger partial charge is 0.355 e. The average molecular weight is 290 g/mol. The number of hydrogen-bond acceptors (Lipinski definition) is 4. The van der Waals surface area contributed by atoms with Gasteiger partial charge in [-0.2, -0.15) is 0 Å². The van der Waals surface area contributed by atoms with Crippen molar-refractivity contribution >= 4 is 27.3 Å². The molecule has 0 aliphatic heterocycles. The number of nitrogens with one attached hydrogen (secondary N) is 2. The Morgan fingerprint density at radius 2 is 2.06 bits per heavy atom. The molecule has 5 nitrogen and oxygen atoms in total. The quantitative estimate of drug-likeness (QED) is 0.826. The van der Waals surface area contributed by atoms with E-state index in [1.807, 2.05) is 13.8 Å². The number of hydrogen-bond donors (Lipinski definition) is 2. The van der Waals surface area contributed by atoms with Crippen LogP contribution in [-0.4, -0.2) is 27.4 Å². The minimum Gasteiger partial charge on any atom is -0.355 e. The second-order valence-electron chi connectivity index (χ2n) is 3.95. The predicted molar refractivity (Wildman–Crippen MR) is 72.3 cm³/mol. The molecule has 1 aromatic heterocycles. The summed E-state index contributed by atoms with van der Waals surface area (Å²) >= 11 is 1.42. The molecule has 0 aromatic carbocycles. The SMILES string of the molecule is CCCNC(=O)CNS(=O)(=O)c1cc(C)sc1C. The van der Waals surface area contributed by atoms with Gasteiger partial charge in [-0.1, -0.05) is 6.92 Å². The van der Waals surface area contributed by atoms with E-state index in [1.165, 1.54) is 11.3 Å². The maximum atomic E-state index is 12.0. The summed E-state index contributed by atoms with van der Waals surface area (Å²) in [6.07, 6.45) is 0.821. The van der Waals surface area contributed by atoms with Gasteiger partial charge in [0.2, 0.25) is 15.9 Å². The highest BCUT2D eigenvalue weighted by atomic mass is 32.2.